The molecule has 0 radical (unpaired) electrons. The van der Waals surface area contributed by atoms with Crippen LogP contribution in [0.1, 0.15) is 41.5 Å². The van der Waals surface area contributed by atoms with Crippen LogP contribution in [0.15, 0.2) is 119 Å². The van der Waals surface area contributed by atoms with Crippen LogP contribution in [0.5, 0.6) is 11.5 Å². The smallest absolute Gasteiger partial charge is 0.240 e. The van der Waals surface area contributed by atoms with Gasteiger partial charge in [0.25, 0.3) is 0 Å². The average Bonchev–Trinajstić information content (AvgIpc) is 3.00. The molecule has 0 aromatic heterocycles. The van der Waals surface area contributed by atoms with E-state index < -0.39 is 0 Å². The maximum Gasteiger partial charge on any atom is 0.240 e. The van der Waals surface area contributed by atoms with E-state index in [1.165, 1.54) is 0 Å². The molecule has 208 valence electrons. The summed E-state index contributed by atoms with van der Waals surface area (Å²) in [5.74, 6) is 0.867. The highest BCUT2D eigenvalue weighted by Crippen LogP contribution is 2.15. The average molecular weight is 549 g/mol. The van der Waals surface area contributed by atoms with Gasteiger partial charge in [-0.3, -0.25) is 9.59 Å². The SMILES string of the molecule is O=C(CCCC(=O)NN=Cc1cccc(OCc2ccccc2)c1)NN=Cc1cccc(OCc2ccccc2)c1. The van der Waals surface area contributed by atoms with Gasteiger partial charge in [-0.2, -0.15) is 10.2 Å². The highest BCUT2D eigenvalue weighted by molar-refractivity contribution is 5.84. The molecule has 0 spiro atoms. The molecule has 0 atom stereocenters. The largest absolute Gasteiger partial charge is 0.489 e. The molecule has 0 aliphatic carbocycles. The zero-order chi connectivity index (χ0) is 28.5. The fourth-order valence-electron chi connectivity index (χ4n) is 3.73. The van der Waals surface area contributed by atoms with Gasteiger partial charge in [0.05, 0.1) is 12.4 Å². The van der Waals surface area contributed by atoms with Crippen LogP contribution in [0.4, 0.5) is 0 Å². The summed E-state index contributed by atoms with van der Waals surface area (Å²) < 4.78 is 11.6. The number of hydrogen-bond donors (Lipinski definition) is 2. The lowest BCUT2D eigenvalue weighted by Gasteiger charge is -2.07. The molecule has 2 amide bonds. The molecule has 2 N–H and O–H groups in total. The zero-order valence-corrected chi connectivity index (χ0v) is 22.6. The van der Waals surface area contributed by atoms with Crippen molar-refractivity contribution in [1.29, 1.82) is 0 Å². The van der Waals surface area contributed by atoms with E-state index in [1.807, 2.05) is 109 Å². The first-order valence-electron chi connectivity index (χ1n) is 13.3. The van der Waals surface area contributed by atoms with E-state index >= 15 is 0 Å². The summed E-state index contributed by atoms with van der Waals surface area (Å²) in [6, 6.07) is 34.7. The Labute approximate surface area is 239 Å². The third kappa shape index (κ3) is 10.8. The number of carbonyl (C=O) groups excluding carboxylic acids is 2. The Morgan fingerprint density at radius 3 is 1.46 bits per heavy atom. The molecule has 0 fully saturated rings. The summed E-state index contributed by atoms with van der Waals surface area (Å²) in [4.78, 5) is 24.2. The van der Waals surface area contributed by atoms with Crippen molar-refractivity contribution >= 4 is 24.2 Å². The van der Waals surface area contributed by atoms with E-state index in [1.54, 1.807) is 12.4 Å². The summed E-state index contributed by atoms with van der Waals surface area (Å²) in [6.45, 7) is 0.933. The third-order valence-corrected chi connectivity index (χ3v) is 5.83. The molecule has 41 heavy (non-hydrogen) atoms. The van der Waals surface area contributed by atoms with Crippen LogP contribution in [0, 0.1) is 0 Å². The van der Waals surface area contributed by atoms with Crippen molar-refractivity contribution in [2.24, 2.45) is 10.2 Å². The van der Waals surface area contributed by atoms with Gasteiger partial charge in [-0.05, 0) is 52.9 Å². The van der Waals surface area contributed by atoms with Gasteiger partial charge in [0.2, 0.25) is 11.8 Å². The predicted molar refractivity (Wildman–Crippen MR) is 160 cm³/mol. The number of nitrogens with one attached hydrogen (secondary N) is 2. The van der Waals surface area contributed by atoms with Crippen LogP contribution in [0.25, 0.3) is 0 Å². The van der Waals surface area contributed by atoms with Crippen molar-refractivity contribution in [2.75, 3.05) is 0 Å². The van der Waals surface area contributed by atoms with Crippen LogP contribution in [-0.4, -0.2) is 24.2 Å². The van der Waals surface area contributed by atoms with E-state index in [0.29, 0.717) is 31.1 Å². The second-order valence-corrected chi connectivity index (χ2v) is 9.13. The standard InChI is InChI=1S/C33H32N4O4/c38-32(36-34-22-28-14-7-16-30(20-28)40-24-26-10-3-1-4-11-26)18-9-19-33(39)37-35-23-29-15-8-17-31(21-29)41-25-27-12-5-2-6-13-27/h1-8,10-17,20-23H,9,18-19,24-25H2,(H,36,38)(H,37,39). The summed E-state index contributed by atoms with van der Waals surface area (Å²) in [5, 5.41) is 8.01. The molecule has 0 saturated carbocycles. The summed E-state index contributed by atoms with van der Waals surface area (Å²) in [6.07, 6.45) is 3.80. The van der Waals surface area contributed by atoms with Crippen LogP contribution in [0.2, 0.25) is 0 Å². The molecule has 4 rings (SSSR count). The maximum absolute atomic E-state index is 12.1. The molecule has 0 saturated heterocycles. The lowest BCUT2D eigenvalue weighted by Crippen LogP contribution is -2.20. The van der Waals surface area contributed by atoms with E-state index in [9.17, 15) is 9.59 Å². The Kier molecular flexibility index (Phi) is 11.2. The van der Waals surface area contributed by atoms with Crippen molar-refractivity contribution in [2.45, 2.75) is 32.5 Å². The van der Waals surface area contributed by atoms with Gasteiger partial charge in [-0.1, -0.05) is 84.9 Å². The second kappa shape index (κ2) is 16.0. The van der Waals surface area contributed by atoms with Gasteiger partial charge < -0.3 is 9.47 Å². The summed E-state index contributed by atoms with van der Waals surface area (Å²) >= 11 is 0. The Balaban J connectivity index is 1.11. The molecule has 0 aliphatic rings. The highest BCUT2D eigenvalue weighted by Gasteiger charge is 2.04. The first kappa shape index (κ1) is 28.8. The first-order chi connectivity index (χ1) is 20.1. The van der Waals surface area contributed by atoms with Crippen LogP contribution < -0.4 is 20.3 Å². The minimum absolute atomic E-state index is 0.162. The van der Waals surface area contributed by atoms with Crippen LogP contribution in [-0.2, 0) is 22.8 Å². The van der Waals surface area contributed by atoms with Crippen molar-refractivity contribution in [3.63, 3.8) is 0 Å². The fraction of sp³-hybridized carbons (Fsp3) is 0.152. The fourth-order valence-corrected chi connectivity index (χ4v) is 3.73. The van der Waals surface area contributed by atoms with Gasteiger partial charge in [0.15, 0.2) is 0 Å². The Morgan fingerprint density at radius 1 is 0.585 bits per heavy atom. The molecular formula is C33H32N4O4. The number of nitrogens with zero attached hydrogens (tertiary/aromatic N) is 2. The van der Waals surface area contributed by atoms with E-state index in [2.05, 4.69) is 21.1 Å². The number of hydrogen-bond acceptors (Lipinski definition) is 6. The second-order valence-electron chi connectivity index (χ2n) is 9.13. The molecule has 8 heteroatoms. The minimum atomic E-state index is -0.277. The number of benzene rings is 4. The Bertz CT molecular complexity index is 1350. The minimum Gasteiger partial charge on any atom is -0.489 e. The van der Waals surface area contributed by atoms with E-state index in [4.69, 9.17) is 9.47 Å². The molecule has 0 aliphatic heterocycles. The van der Waals surface area contributed by atoms with Crippen LogP contribution in [0.3, 0.4) is 0 Å². The van der Waals surface area contributed by atoms with Crippen molar-refractivity contribution in [1.82, 2.24) is 10.9 Å². The normalized spacial score (nSPS) is 10.9. The number of amides is 2. The van der Waals surface area contributed by atoms with E-state index in [-0.39, 0.29) is 24.7 Å². The quantitative estimate of drug-likeness (QED) is 0.158. The van der Waals surface area contributed by atoms with Crippen molar-refractivity contribution in [3.05, 3.63) is 131 Å². The first-order valence-corrected chi connectivity index (χ1v) is 13.3. The van der Waals surface area contributed by atoms with Crippen molar-refractivity contribution in [3.8, 4) is 11.5 Å². The predicted octanol–water partition coefficient (Wildman–Crippen LogP) is 5.62. The van der Waals surface area contributed by atoms with Crippen molar-refractivity contribution < 1.29 is 19.1 Å². The van der Waals surface area contributed by atoms with Gasteiger partial charge in [0.1, 0.15) is 24.7 Å². The summed E-state index contributed by atoms with van der Waals surface area (Å²) in [7, 11) is 0. The van der Waals surface area contributed by atoms with Gasteiger partial charge in [0, 0.05) is 12.8 Å². The maximum atomic E-state index is 12.1. The molecule has 8 nitrogen and oxygen atoms in total. The van der Waals surface area contributed by atoms with E-state index in [0.717, 1.165) is 22.3 Å². The van der Waals surface area contributed by atoms with Gasteiger partial charge >= 0.3 is 0 Å². The monoisotopic (exact) mass is 548 g/mol. The topological polar surface area (TPSA) is 101 Å². The number of rotatable bonds is 14. The molecule has 4 aromatic rings. The molecule has 0 bridgehead atoms. The molecular weight excluding hydrogens is 516 g/mol. The van der Waals surface area contributed by atoms with Gasteiger partial charge in [-0.25, -0.2) is 10.9 Å². The lowest BCUT2D eigenvalue weighted by atomic mass is 10.2. The highest BCUT2D eigenvalue weighted by atomic mass is 16.5. The number of hydrazone groups is 2. The Hall–Kier alpha value is -5.24. The molecule has 4 aromatic carbocycles. The Morgan fingerprint density at radius 2 is 1.02 bits per heavy atom. The van der Waals surface area contributed by atoms with Gasteiger partial charge in [-0.15, -0.1) is 0 Å². The lowest BCUT2D eigenvalue weighted by molar-refractivity contribution is -0.122. The number of ether oxygens (including phenoxy) is 2. The molecule has 0 unspecified atom stereocenters. The third-order valence-electron chi connectivity index (χ3n) is 5.83. The van der Waals surface area contributed by atoms with Crippen LogP contribution >= 0.6 is 0 Å². The summed E-state index contributed by atoms with van der Waals surface area (Å²) in [5.41, 5.74) is 8.72. The molecule has 0 heterocycles. The number of carbonyl (C=O) groups is 2. The zero-order valence-electron chi connectivity index (χ0n) is 22.6.